The van der Waals surface area contributed by atoms with Gasteiger partial charge in [0.15, 0.2) is 0 Å². The van der Waals surface area contributed by atoms with Crippen LogP contribution < -0.4 is 0 Å². The molecule has 0 aromatic rings. The van der Waals surface area contributed by atoms with E-state index in [0.717, 1.165) is 25.7 Å². The Morgan fingerprint density at radius 1 is 0.889 bits per heavy atom. The van der Waals surface area contributed by atoms with E-state index in [4.69, 9.17) is 9.47 Å². The van der Waals surface area contributed by atoms with E-state index in [1.165, 1.54) is 0 Å². The van der Waals surface area contributed by atoms with Crippen molar-refractivity contribution in [2.45, 2.75) is 49.2 Å². The minimum absolute atomic E-state index is 0.377. The Balaban J connectivity index is 4.02. The number of halogens is 2. The number of ether oxygens (including phenoxy) is 2. The van der Waals surface area contributed by atoms with Gasteiger partial charge in [0.05, 0.1) is 13.2 Å². The van der Waals surface area contributed by atoms with Crippen LogP contribution in [-0.4, -0.2) is 34.8 Å². The van der Waals surface area contributed by atoms with Crippen molar-refractivity contribution >= 4 is 43.8 Å². The number of hydrogen-bond acceptors (Lipinski definition) is 4. The maximum absolute atomic E-state index is 11.6. The molecule has 0 aliphatic rings. The lowest BCUT2D eigenvalue weighted by molar-refractivity contribution is -0.148. The lowest BCUT2D eigenvalue weighted by Gasteiger charge is -2.15. The minimum atomic E-state index is -0.719. The van der Waals surface area contributed by atoms with Crippen molar-refractivity contribution in [3.63, 3.8) is 0 Å². The number of hydrogen-bond donors (Lipinski definition) is 0. The summed E-state index contributed by atoms with van der Waals surface area (Å²) in [6, 6.07) is 0. The molecule has 2 atom stereocenters. The topological polar surface area (TPSA) is 52.6 Å². The van der Waals surface area contributed by atoms with Crippen LogP contribution in [0.1, 0.15) is 39.5 Å². The van der Waals surface area contributed by atoms with Crippen LogP contribution >= 0.6 is 31.9 Å². The molecule has 0 N–H and O–H groups in total. The summed E-state index contributed by atoms with van der Waals surface area (Å²) in [6.45, 7) is 4.78. The van der Waals surface area contributed by atoms with E-state index in [1.807, 2.05) is 13.8 Å². The van der Waals surface area contributed by atoms with Crippen LogP contribution in [0.5, 0.6) is 0 Å². The van der Waals surface area contributed by atoms with E-state index >= 15 is 0 Å². The molecule has 0 heterocycles. The zero-order valence-electron chi connectivity index (χ0n) is 10.8. The Bertz CT molecular complexity index is 232. The molecule has 0 aromatic carbocycles. The van der Waals surface area contributed by atoms with E-state index in [0.29, 0.717) is 13.2 Å². The van der Waals surface area contributed by atoms with Crippen LogP contribution in [0.2, 0.25) is 0 Å². The molecule has 0 saturated carbocycles. The quantitative estimate of drug-likeness (QED) is 0.346. The molecule has 0 radical (unpaired) electrons. The van der Waals surface area contributed by atoms with Crippen molar-refractivity contribution < 1.29 is 19.1 Å². The Morgan fingerprint density at radius 2 is 1.22 bits per heavy atom. The van der Waals surface area contributed by atoms with Gasteiger partial charge in [0, 0.05) is 0 Å². The van der Waals surface area contributed by atoms with E-state index < -0.39 is 21.6 Å². The molecule has 0 aliphatic carbocycles. The summed E-state index contributed by atoms with van der Waals surface area (Å²) in [5.74, 6) is -0.893. The first kappa shape index (κ1) is 17.9. The van der Waals surface area contributed by atoms with Gasteiger partial charge < -0.3 is 9.47 Å². The van der Waals surface area contributed by atoms with Crippen LogP contribution in [0.25, 0.3) is 0 Å². The Morgan fingerprint density at radius 3 is 1.50 bits per heavy atom. The van der Waals surface area contributed by atoms with Gasteiger partial charge in [-0.25, -0.2) is 0 Å². The minimum Gasteiger partial charge on any atom is -0.465 e. The number of alkyl halides is 2. The highest BCUT2D eigenvalue weighted by Gasteiger charge is 2.31. The molecule has 18 heavy (non-hydrogen) atoms. The third kappa shape index (κ3) is 7.36. The first-order valence-corrected chi connectivity index (χ1v) is 7.99. The lowest BCUT2D eigenvalue weighted by atomic mass is 10.3. The monoisotopic (exact) mass is 386 g/mol. The van der Waals surface area contributed by atoms with E-state index in [1.54, 1.807) is 0 Å². The van der Waals surface area contributed by atoms with Crippen LogP contribution in [0, 0.1) is 0 Å². The summed E-state index contributed by atoms with van der Waals surface area (Å²) in [5, 5.41) is 0. The van der Waals surface area contributed by atoms with Gasteiger partial charge in [-0.2, -0.15) is 0 Å². The van der Waals surface area contributed by atoms with Crippen molar-refractivity contribution in [3.8, 4) is 0 Å². The predicted octanol–water partition coefficient (Wildman–Crippen LogP) is 3.20. The molecule has 6 heteroatoms. The molecular weight excluding hydrogens is 368 g/mol. The third-order valence-electron chi connectivity index (χ3n) is 2.19. The average molecular weight is 388 g/mol. The van der Waals surface area contributed by atoms with Crippen molar-refractivity contribution in [3.05, 3.63) is 0 Å². The first-order chi connectivity index (χ1) is 8.54. The summed E-state index contributed by atoms with van der Waals surface area (Å²) in [5.41, 5.74) is 0. The van der Waals surface area contributed by atoms with Gasteiger partial charge in [0.25, 0.3) is 0 Å². The van der Waals surface area contributed by atoms with Gasteiger partial charge in [0.1, 0.15) is 9.65 Å². The average Bonchev–Trinajstić information content (AvgIpc) is 2.37. The fourth-order valence-electron chi connectivity index (χ4n) is 1.03. The zero-order chi connectivity index (χ0) is 14.0. The van der Waals surface area contributed by atoms with Gasteiger partial charge in [-0.05, 0) is 12.8 Å². The highest BCUT2D eigenvalue weighted by molar-refractivity contribution is 9.12. The predicted molar refractivity (Wildman–Crippen MR) is 77.2 cm³/mol. The maximum atomic E-state index is 11.6. The van der Waals surface area contributed by atoms with E-state index in [2.05, 4.69) is 31.9 Å². The number of esters is 2. The maximum Gasteiger partial charge on any atom is 0.321 e. The Kier molecular flexibility index (Phi) is 10.7. The molecule has 0 bridgehead atoms. The van der Waals surface area contributed by atoms with Crippen molar-refractivity contribution in [2.24, 2.45) is 0 Å². The molecule has 0 saturated heterocycles. The summed E-state index contributed by atoms with van der Waals surface area (Å²) in [4.78, 5) is 21.7. The van der Waals surface area contributed by atoms with Gasteiger partial charge in [0.2, 0.25) is 0 Å². The second kappa shape index (κ2) is 10.8. The molecule has 0 amide bonds. The molecule has 0 fully saturated rings. The molecule has 0 aliphatic heterocycles. The fourth-order valence-corrected chi connectivity index (χ4v) is 1.73. The van der Waals surface area contributed by atoms with Gasteiger partial charge in [-0.3, -0.25) is 9.59 Å². The van der Waals surface area contributed by atoms with E-state index in [-0.39, 0.29) is 0 Å². The van der Waals surface area contributed by atoms with Crippen LogP contribution in [0.4, 0.5) is 0 Å². The van der Waals surface area contributed by atoms with Crippen LogP contribution in [-0.2, 0) is 19.1 Å². The third-order valence-corrected chi connectivity index (χ3v) is 4.71. The second-order valence-electron chi connectivity index (χ2n) is 3.85. The van der Waals surface area contributed by atoms with Gasteiger partial charge in [-0.1, -0.05) is 58.5 Å². The normalized spacial score (nSPS) is 13.8. The molecule has 0 spiro atoms. The molecule has 0 rings (SSSR count). The lowest BCUT2D eigenvalue weighted by Crippen LogP contribution is -2.33. The van der Waals surface area contributed by atoms with Gasteiger partial charge in [-0.15, -0.1) is 0 Å². The van der Waals surface area contributed by atoms with Gasteiger partial charge >= 0.3 is 11.9 Å². The smallest absolute Gasteiger partial charge is 0.321 e. The summed E-state index contributed by atoms with van der Waals surface area (Å²) in [6.07, 6.45) is 3.55. The Labute approximate surface area is 125 Å². The summed E-state index contributed by atoms with van der Waals surface area (Å²) >= 11 is 6.30. The van der Waals surface area contributed by atoms with Crippen molar-refractivity contribution in [2.75, 3.05) is 13.2 Å². The molecule has 0 aromatic heterocycles. The highest BCUT2D eigenvalue weighted by Crippen LogP contribution is 2.18. The van der Waals surface area contributed by atoms with Crippen LogP contribution in [0.15, 0.2) is 0 Å². The summed E-state index contributed by atoms with van der Waals surface area (Å²) in [7, 11) is 0. The molecular formula is C12H20Br2O4. The first-order valence-electron chi connectivity index (χ1n) is 6.16. The highest BCUT2D eigenvalue weighted by atomic mass is 79.9. The second-order valence-corrected chi connectivity index (χ2v) is 5.82. The fraction of sp³-hybridized carbons (Fsp3) is 0.833. The zero-order valence-corrected chi connectivity index (χ0v) is 14.0. The SMILES string of the molecule is CCCCOC(=O)[C@@H](Br)[C@H](Br)C(=O)OCCCC. The molecule has 0 unspecified atom stereocenters. The Hall–Kier alpha value is -0.100. The van der Waals surface area contributed by atoms with Crippen molar-refractivity contribution in [1.82, 2.24) is 0 Å². The number of rotatable bonds is 9. The molecule has 106 valence electrons. The molecule has 4 nitrogen and oxygen atoms in total. The largest absolute Gasteiger partial charge is 0.465 e. The van der Waals surface area contributed by atoms with E-state index in [9.17, 15) is 9.59 Å². The number of unbranched alkanes of at least 4 members (excludes halogenated alkanes) is 2. The summed E-state index contributed by atoms with van der Waals surface area (Å²) < 4.78 is 10.0. The number of carbonyl (C=O) groups excluding carboxylic acids is 2. The van der Waals surface area contributed by atoms with Crippen LogP contribution in [0.3, 0.4) is 0 Å². The number of carbonyl (C=O) groups is 2. The van der Waals surface area contributed by atoms with Crippen molar-refractivity contribution in [1.29, 1.82) is 0 Å². The standard InChI is InChI=1S/C12H20Br2O4/c1-3-5-7-17-11(15)9(13)10(14)12(16)18-8-6-4-2/h9-10H,3-8H2,1-2H3/t9-,10-/m0/s1.